The van der Waals surface area contributed by atoms with E-state index in [9.17, 15) is 19.5 Å². The van der Waals surface area contributed by atoms with Crippen LogP contribution in [0.4, 0.5) is 5.69 Å². The lowest BCUT2D eigenvalue weighted by Gasteiger charge is -2.18. The summed E-state index contributed by atoms with van der Waals surface area (Å²) in [6.07, 6.45) is 0.815. The Bertz CT molecular complexity index is 1370. The number of nitrogens with two attached hydrogens (primary N) is 2. The van der Waals surface area contributed by atoms with Gasteiger partial charge < -0.3 is 27.2 Å². The fraction of sp³-hybridized carbons (Fsp3) is 0.250. The van der Waals surface area contributed by atoms with E-state index in [1.807, 2.05) is 0 Å². The van der Waals surface area contributed by atoms with Gasteiger partial charge in [0.2, 0.25) is 5.91 Å². The molecule has 0 bridgehead atoms. The summed E-state index contributed by atoms with van der Waals surface area (Å²) in [5.41, 5.74) is 12.5. The molecule has 2 aromatic carbocycles. The number of hydrogen-bond acceptors (Lipinski definition) is 8. The number of carbonyl (C=O) groups is 3. The molecule has 1 aliphatic heterocycles. The minimum atomic E-state index is -0.958. The second-order valence-electron chi connectivity index (χ2n) is 8.13. The third-order valence-corrected chi connectivity index (χ3v) is 7.59. The van der Waals surface area contributed by atoms with E-state index in [2.05, 4.69) is 25.6 Å². The zero-order valence-electron chi connectivity index (χ0n) is 19.6. The molecule has 0 aliphatic carbocycles. The predicted molar refractivity (Wildman–Crippen MR) is 146 cm³/mol. The highest BCUT2D eigenvalue weighted by molar-refractivity contribution is 8.15. The highest BCUT2D eigenvalue weighted by Gasteiger charge is 2.27. The first-order valence-electron chi connectivity index (χ1n) is 11.4. The summed E-state index contributed by atoms with van der Waals surface area (Å²) in [5.74, 6) is -1.35. The SMILES string of the molecule is NC(N)=NCCC[C@@H](NC(=O)c1ccccc1)C(=O)Nc1ccc2nc(C3=N[C@@H](C(=O)O)CS3)sc2c1. The van der Waals surface area contributed by atoms with Gasteiger partial charge in [-0.05, 0) is 43.2 Å². The average molecular weight is 540 g/mol. The van der Waals surface area contributed by atoms with Crippen LogP contribution < -0.4 is 22.1 Å². The van der Waals surface area contributed by atoms with E-state index < -0.39 is 18.1 Å². The standard InChI is InChI=1S/C24H25N7O4S2/c25-24(26)27-10-4-7-16(29-19(32)13-5-2-1-3-6-13)20(33)28-14-8-9-15-18(11-14)37-22(30-15)21-31-17(12-36-21)23(34)35/h1-3,5-6,8-9,11,16-17H,4,7,10,12H2,(H,28,33)(H,29,32)(H,34,35)(H4,25,26,27)/t16-,17-/m1/s1. The van der Waals surface area contributed by atoms with Gasteiger partial charge in [0.25, 0.3) is 5.91 Å². The molecule has 13 heteroatoms. The van der Waals surface area contributed by atoms with Crippen molar-refractivity contribution in [1.29, 1.82) is 0 Å². The number of amides is 2. The third-order valence-electron chi connectivity index (χ3n) is 5.38. The summed E-state index contributed by atoms with van der Waals surface area (Å²) in [6.45, 7) is 0.327. The largest absolute Gasteiger partial charge is 0.480 e. The Morgan fingerprint density at radius 2 is 1.95 bits per heavy atom. The summed E-state index contributed by atoms with van der Waals surface area (Å²) in [6, 6.07) is 12.4. The van der Waals surface area contributed by atoms with Gasteiger partial charge in [0.05, 0.1) is 10.2 Å². The summed E-state index contributed by atoms with van der Waals surface area (Å²) >= 11 is 2.73. The van der Waals surface area contributed by atoms with Gasteiger partial charge in [-0.15, -0.1) is 23.1 Å². The maximum Gasteiger partial charge on any atom is 0.329 e. The highest BCUT2D eigenvalue weighted by atomic mass is 32.2. The Labute approximate surface area is 220 Å². The number of thiazole rings is 1. The maximum absolute atomic E-state index is 13.2. The van der Waals surface area contributed by atoms with Gasteiger partial charge in [-0.1, -0.05) is 18.2 Å². The fourth-order valence-corrected chi connectivity index (χ4v) is 5.65. The van der Waals surface area contributed by atoms with Crippen molar-refractivity contribution in [1.82, 2.24) is 10.3 Å². The zero-order chi connectivity index (χ0) is 26.4. The number of nitrogens with one attached hydrogen (secondary N) is 2. The number of benzene rings is 2. The minimum Gasteiger partial charge on any atom is -0.480 e. The number of fused-ring (bicyclic) bond motifs is 1. The molecule has 2 atom stereocenters. The molecule has 0 spiro atoms. The van der Waals surface area contributed by atoms with Crippen LogP contribution in [0.15, 0.2) is 58.5 Å². The van der Waals surface area contributed by atoms with Gasteiger partial charge in [-0.25, -0.2) is 9.78 Å². The smallest absolute Gasteiger partial charge is 0.329 e. The topological polar surface area (TPSA) is 185 Å². The number of thioether (sulfide) groups is 1. The number of carboxylic acids is 1. The number of anilines is 1. The Kier molecular flexibility index (Phi) is 8.36. The number of aliphatic carboxylic acids is 1. The molecule has 2 heterocycles. The number of nitrogens with zero attached hydrogens (tertiary/aromatic N) is 3. The van der Waals surface area contributed by atoms with Crippen LogP contribution in [0.5, 0.6) is 0 Å². The van der Waals surface area contributed by atoms with Crippen molar-refractivity contribution in [3.63, 3.8) is 0 Å². The van der Waals surface area contributed by atoms with Crippen LogP contribution in [0.1, 0.15) is 28.2 Å². The number of rotatable bonds is 10. The number of carboxylic acid groups (broad SMARTS) is 1. The molecule has 192 valence electrons. The van der Waals surface area contributed by atoms with Gasteiger partial charge in [-0.2, -0.15) is 0 Å². The molecule has 37 heavy (non-hydrogen) atoms. The van der Waals surface area contributed by atoms with E-state index in [-0.39, 0.29) is 17.8 Å². The van der Waals surface area contributed by atoms with Gasteiger partial charge in [0, 0.05) is 23.5 Å². The molecular weight excluding hydrogens is 514 g/mol. The fourth-order valence-electron chi connectivity index (χ4n) is 3.54. The van der Waals surface area contributed by atoms with E-state index in [4.69, 9.17) is 11.5 Å². The summed E-state index contributed by atoms with van der Waals surface area (Å²) in [5, 5.41) is 16.1. The monoisotopic (exact) mass is 539 g/mol. The van der Waals surface area contributed by atoms with Crippen molar-refractivity contribution in [2.75, 3.05) is 17.6 Å². The van der Waals surface area contributed by atoms with Crippen molar-refractivity contribution >= 4 is 67.8 Å². The number of aliphatic imine (C=N–C) groups is 2. The summed E-state index contributed by atoms with van der Waals surface area (Å²) < 4.78 is 0.813. The molecule has 0 unspecified atom stereocenters. The van der Waals surface area contributed by atoms with Crippen molar-refractivity contribution in [3.8, 4) is 0 Å². The van der Waals surface area contributed by atoms with E-state index in [0.29, 0.717) is 52.0 Å². The van der Waals surface area contributed by atoms with E-state index in [1.165, 1.54) is 23.1 Å². The van der Waals surface area contributed by atoms with Crippen LogP contribution >= 0.6 is 23.1 Å². The highest BCUT2D eigenvalue weighted by Crippen LogP contribution is 2.31. The van der Waals surface area contributed by atoms with Crippen molar-refractivity contribution in [3.05, 3.63) is 59.1 Å². The zero-order valence-corrected chi connectivity index (χ0v) is 21.2. The molecule has 11 nitrogen and oxygen atoms in total. The van der Waals surface area contributed by atoms with Crippen molar-refractivity contribution in [2.24, 2.45) is 21.5 Å². The minimum absolute atomic E-state index is 0.0352. The molecule has 0 saturated carbocycles. The van der Waals surface area contributed by atoms with Crippen molar-refractivity contribution in [2.45, 2.75) is 24.9 Å². The van der Waals surface area contributed by atoms with E-state index in [1.54, 1.807) is 48.5 Å². The Balaban J connectivity index is 1.48. The quantitative estimate of drug-likeness (QED) is 0.147. The number of hydrogen-bond donors (Lipinski definition) is 5. The molecule has 0 radical (unpaired) electrons. The van der Waals surface area contributed by atoms with Crippen LogP contribution in [0.25, 0.3) is 10.2 Å². The first-order chi connectivity index (χ1) is 17.8. The Morgan fingerprint density at radius 1 is 1.16 bits per heavy atom. The van der Waals surface area contributed by atoms with Crippen LogP contribution in [-0.2, 0) is 9.59 Å². The molecule has 4 rings (SSSR count). The second kappa shape index (κ2) is 11.8. The van der Waals surface area contributed by atoms with E-state index >= 15 is 0 Å². The van der Waals surface area contributed by atoms with Crippen LogP contribution in [-0.4, -0.2) is 63.3 Å². The summed E-state index contributed by atoms with van der Waals surface area (Å²) in [7, 11) is 0. The molecular formula is C24H25N7O4S2. The van der Waals surface area contributed by atoms with Crippen LogP contribution in [0.3, 0.4) is 0 Å². The molecule has 2 amide bonds. The molecule has 0 saturated heterocycles. The normalized spacial score (nSPS) is 15.6. The first-order valence-corrected chi connectivity index (χ1v) is 13.2. The molecule has 1 aliphatic rings. The third kappa shape index (κ3) is 6.83. The lowest BCUT2D eigenvalue weighted by Crippen LogP contribution is -2.44. The maximum atomic E-state index is 13.2. The van der Waals surface area contributed by atoms with Crippen molar-refractivity contribution < 1.29 is 19.5 Å². The molecule has 0 fully saturated rings. The lowest BCUT2D eigenvalue weighted by atomic mass is 10.1. The summed E-state index contributed by atoms with van der Waals surface area (Å²) in [4.78, 5) is 49.8. The van der Waals surface area contributed by atoms with Crippen LogP contribution in [0.2, 0.25) is 0 Å². The number of carbonyl (C=O) groups excluding carboxylic acids is 2. The van der Waals surface area contributed by atoms with Gasteiger partial charge in [0.15, 0.2) is 12.0 Å². The lowest BCUT2D eigenvalue weighted by molar-refractivity contribution is -0.137. The molecule has 7 N–H and O–H groups in total. The van der Waals surface area contributed by atoms with E-state index in [0.717, 1.165) is 4.70 Å². The van der Waals surface area contributed by atoms with Gasteiger partial charge in [-0.3, -0.25) is 19.6 Å². The Hall–Kier alpha value is -3.97. The first kappa shape index (κ1) is 26.1. The number of aromatic nitrogens is 1. The van der Waals surface area contributed by atoms with Crippen LogP contribution in [0, 0.1) is 0 Å². The Morgan fingerprint density at radius 3 is 2.65 bits per heavy atom. The van der Waals surface area contributed by atoms with Gasteiger partial charge in [0.1, 0.15) is 16.1 Å². The number of guanidine groups is 1. The molecule has 3 aromatic rings. The van der Waals surface area contributed by atoms with Gasteiger partial charge >= 0.3 is 5.97 Å². The molecule has 1 aromatic heterocycles. The second-order valence-corrected chi connectivity index (χ2v) is 10.2. The predicted octanol–water partition coefficient (Wildman–Crippen LogP) is 2.03. The average Bonchev–Trinajstić information content (AvgIpc) is 3.53.